The van der Waals surface area contributed by atoms with E-state index in [1.807, 2.05) is 78.9 Å². The van der Waals surface area contributed by atoms with E-state index in [9.17, 15) is 52.7 Å². The molecule has 0 saturated carbocycles. The number of nitrogens with one attached hydrogen (secondary N) is 3. The summed E-state index contributed by atoms with van der Waals surface area (Å²) in [6.45, 7) is 17.6. The average Bonchev–Trinajstić information content (AvgIpc) is 2.38. The van der Waals surface area contributed by atoms with E-state index in [-0.39, 0.29) is 137 Å². The monoisotopic (exact) mass is 1280 g/mol. The fraction of sp³-hybridized carbons (Fsp3) is 0.594. The van der Waals surface area contributed by atoms with Crippen LogP contribution in [0.4, 0.5) is 0 Å². The zero-order valence-electron chi connectivity index (χ0n) is 55.1. The van der Waals surface area contributed by atoms with Gasteiger partial charge in [-0.3, -0.25) is 62.5 Å². The molecule has 21 nitrogen and oxygen atoms in total. The molecule has 9 atom stereocenters. The molecule has 0 radical (unpaired) electrons. The van der Waals surface area contributed by atoms with E-state index in [0.29, 0.717) is 29.0 Å². The van der Waals surface area contributed by atoms with E-state index in [4.69, 9.17) is 19.2 Å². The van der Waals surface area contributed by atoms with Gasteiger partial charge in [0.1, 0.15) is 23.1 Å². The molecule has 1 saturated heterocycles. The van der Waals surface area contributed by atoms with Gasteiger partial charge in [0.15, 0.2) is 17.7 Å². The van der Waals surface area contributed by atoms with E-state index >= 15 is 0 Å². The molecule has 0 aliphatic carbocycles. The van der Waals surface area contributed by atoms with Crippen molar-refractivity contribution in [2.75, 3.05) is 46.9 Å². The van der Waals surface area contributed by atoms with E-state index in [1.54, 1.807) is 55.4 Å². The number of amides is 6. The maximum absolute atomic E-state index is 14.5. The van der Waals surface area contributed by atoms with Gasteiger partial charge in [-0.15, -0.1) is 11.3 Å². The second-order valence-corrected chi connectivity index (χ2v) is 26.1. The third kappa shape index (κ3) is 24.0. The Balaban J connectivity index is 1.06. The van der Waals surface area contributed by atoms with Gasteiger partial charge >= 0.3 is 11.9 Å². The van der Waals surface area contributed by atoms with Crippen LogP contribution in [0.3, 0.4) is 0 Å². The second-order valence-electron chi connectivity index (χ2n) is 25.2. The summed E-state index contributed by atoms with van der Waals surface area (Å²) in [5.74, 6) is -5.45. The van der Waals surface area contributed by atoms with Gasteiger partial charge in [0, 0.05) is 106 Å². The van der Waals surface area contributed by atoms with Gasteiger partial charge in [-0.2, -0.15) is 0 Å². The fourth-order valence-corrected chi connectivity index (χ4v) is 12.3. The molecule has 1 aromatic heterocycles. The number of nitrogens with zero attached hydrogens (tertiary/aromatic N) is 4. The molecule has 91 heavy (non-hydrogen) atoms. The number of rotatable bonds is 39. The van der Waals surface area contributed by atoms with Crippen LogP contribution in [0.2, 0.25) is 0 Å². The van der Waals surface area contributed by atoms with Crippen molar-refractivity contribution in [1.82, 2.24) is 35.6 Å². The van der Waals surface area contributed by atoms with Gasteiger partial charge in [-0.1, -0.05) is 116 Å². The number of ether oxygens (including phenoxy) is 3. The molecule has 22 heteroatoms. The van der Waals surface area contributed by atoms with E-state index < -0.39 is 77.6 Å². The summed E-state index contributed by atoms with van der Waals surface area (Å²) >= 11 is 1.18. The molecule has 498 valence electrons. The zero-order chi connectivity index (χ0) is 66.9. The van der Waals surface area contributed by atoms with Crippen molar-refractivity contribution >= 4 is 76.1 Å². The zero-order valence-corrected chi connectivity index (χ0v) is 55.9. The van der Waals surface area contributed by atoms with Crippen LogP contribution in [0.5, 0.6) is 0 Å². The number of imide groups is 1. The van der Waals surface area contributed by atoms with Crippen molar-refractivity contribution in [2.24, 2.45) is 35.5 Å². The molecular weight excluding hydrogens is 1180 g/mol. The predicted molar refractivity (Wildman–Crippen MR) is 345 cm³/mol. The highest BCUT2D eigenvalue weighted by Crippen LogP contribution is 2.33. The van der Waals surface area contributed by atoms with Gasteiger partial charge in [-0.05, 0) is 87.1 Å². The first-order chi connectivity index (χ1) is 43.3. The van der Waals surface area contributed by atoms with Crippen molar-refractivity contribution in [2.45, 2.75) is 183 Å². The average molecular weight is 1280 g/mol. The van der Waals surface area contributed by atoms with Crippen molar-refractivity contribution < 1.29 is 67.0 Å². The lowest BCUT2D eigenvalue weighted by Crippen LogP contribution is -2.48. The van der Waals surface area contributed by atoms with Crippen molar-refractivity contribution in [1.29, 1.82) is 0 Å². The SMILES string of the molecule is CC[C@H](C)[C@H](CC(=O)[C@H]1CCCCN1C)C(=O)N(C)[C@H](C[C@@H](OC(C)=O)c1nc(C(=O)N[C@@H](Cc2ccccc2)C[C@H](C)C(=O)NCCCC(=O)OCc2ccc(CC(=O)[C@H](C)NC(=O)[C@@H](CC(=O)CCOCCN3C(=O)C=CC3=O)C(C)C)cc2)cs1)C(C)C. The summed E-state index contributed by atoms with van der Waals surface area (Å²) in [7, 11) is 3.72. The molecule has 2 aliphatic rings. The Kier molecular flexibility index (Phi) is 30.5. The number of Topliss-reactive ketones (excluding diaryl/α,β-unsaturated/α-hetero) is 3. The molecule has 0 unspecified atom stereocenters. The Bertz CT molecular complexity index is 2970. The molecule has 0 spiro atoms. The first-order valence-corrected chi connectivity index (χ1v) is 33.1. The maximum atomic E-state index is 14.5. The minimum Gasteiger partial charge on any atom is -0.461 e. The van der Waals surface area contributed by atoms with Gasteiger partial charge in [0.25, 0.3) is 17.7 Å². The summed E-state index contributed by atoms with van der Waals surface area (Å²) in [4.78, 5) is 153. The number of carbonyl (C=O) groups excluding carboxylic acids is 11. The third-order valence-corrected chi connectivity index (χ3v) is 18.3. The fourth-order valence-electron chi connectivity index (χ4n) is 11.4. The van der Waals surface area contributed by atoms with E-state index in [2.05, 4.69) is 20.9 Å². The minimum absolute atomic E-state index is 0.00674. The minimum atomic E-state index is -0.875. The lowest BCUT2D eigenvalue weighted by atomic mass is 9.83. The maximum Gasteiger partial charge on any atom is 0.306 e. The molecule has 0 bridgehead atoms. The van der Waals surface area contributed by atoms with Crippen LogP contribution >= 0.6 is 11.3 Å². The standard InChI is InChI=1S/C69H97N7O14S/c1-12-45(6)55(39-60(80)57-21-16-17-31-74(57)10)69(87)75(11)58(44(4)5)40-61(90-48(9)77)68-73-56(42-91-68)67(86)72-52(36-49-19-14-13-15-20-49)35-46(7)65(84)70-30-18-22-64(83)89-41-51-25-23-50(24-26-51)37-59(79)47(8)71-66(85)54(43(2)3)38-53(78)29-33-88-34-32-76-62(81)27-28-63(76)82/h13-15,19-20,23-28,42-47,52,54-55,57-58,61H,12,16-18,21-22,29-41H2,1-11H3,(H,70,84)(H,71,85)(H,72,86)/t45-,46-,47-,52+,54-,55-,57+,58+,61+/m0/s1. The van der Waals surface area contributed by atoms with Crippen LogP contribution in [0.1, 0.15) is 171 Å². The van der Waals surface area contributed by atoms with Crippen LogP contribution in [0, 0.1) is 35.5 Å². The summed E-state index contributed by atoms with van der Waals surface area (Å²) in [5, 5.41) is 10.8. The molecular formula is C69H97N7O14S. The molecule has 3 N–H and O–H groups in total. The highest BCUT2D eigenvalue weighted by Gasteiger charge is 2.38. The van der Waals surface area contributed by atoms with Gasteiger partial charge < -0.3 is 35.1 Å². The number of benzene rings is 2. The smallest absolute Gasteiger partial charge is 0.306 e. The Morgan fingerprint density at radius 1 is 0.780 bits per heavy atom. The number of likely N-dealkylation sites (N-methyl/N-ethyl adjacent to an activating group) is 1. The van der Waals surface area contributed by atoms with E-state index in [1.165, 1.54) is 30.4 Å². The molecule has 3 aromatic rings. The van der Waals surface area contributed by atoms with Crippen LogP contribution < -0.4 is 16.0 Å². The Morgan fingerprint density at radius 3 is 2.10 bits per heavy atom. The lowest BCUT2D eigenvalue weighted by Gasteiger charge is -2.37. The number of hydrogen-bond donors (Lipinski definition) is 3. The van der Waals surface area contributed by atoms with Crippen molar-refractivity contribution in [3.8, 4) is 0 Å². The van der Waals surface area contributed by atoms with E-state index in [0.717, 1.165) is 42.7 Å². The first-order valence-electron chi connectivity index (χ1n) is 32.2. The molecule has 6 amide bonds. The lowest BCUT2D eigenvalue weighted by molar-refractivity contribution is -0.150. The quantitative estimate of drug-likeness (QED) is 0.0278. The summed E-state index contributed by atoms with van der Waals surface area (Å²) < 4.78 is 16.8. The molecule has 1 fully saturated rings. The Morgan fingerprint density at radius 2 is 1.46 bits per heavy atom. The first kappa shape index (κ1) is 74.4. The number of esters is 2. The van der Waals surface area contributed by atoms with Gasteiger partial charge in [0.05, 0.1) is 31.8 Å². The second kappa shape index (κ2) is 37.3. The normalized spacial score (nSPS) is 16.9. The van der Waals surface area contributed by atoms with Crippen LogP contribution in [-0.4, -0.2) is 156 Å². The van der Waals surface area contributed by atoms with Crippen molar-refractivity contribution in [3.63, 3.8) is 0 Å². The number of ketones is 3. The number of piperidine rings is 1. The summed E-state index contributed by atoms with van der Waals surface area (Å²) in [6, 6.07) is 14.6. The Labute approximate surface area is 540 Å². The molecule has 2 aliphatic heterocycles. The van der Waals surface area contributed by atoms with Crippen LogP contribution in [0.15, 0.2) is 72.1 Å². The third-order valence-electron chi connectivity index (χ3n) is 17.3. The van der Waals surface area contributed by atoms with Crippen LogP contribution in [0.25, 0.3) is 0 Å². The molecule has 5 rings (SSSR count). The number of hydrogen-bond acceptors (Lipinski definition) is 17. The van der Waals surface area contributed by atoms with Gasteiger partial charge in [-0.25, -0.2) is 4.98 Å². The Hall–Kier alpha value is -7.30. The highest BCUT2D eigenvalue weighted by molar-refractivity contribution is 7.09. The molecule has 2 aromatic carbocycles. The number of carbonyl (C=O) groups is 11. The largest absolute Gasteiger partial charge is 0.461 e. The predicted octanol–water partition coefficient (Wildman–Crippen LogP) is 7.91. The highest BCUT2D eigenvalue weighted by atomic mass is 32.1. The number of likely N-dealkylation sites (tertiary alicyclic amines) is 1. The van der Waals surface area contributed by atoms with Crippen LogP contribution in [-0.2, 0) is 81.6 Å². The van der Waals surface area contributed by atoms with Crippen molar-refractivity contribution in [3.05, 3.63) is 99.5 Å². The van der Waals surface area contributed by atoms with Gasteiger partial charge in [0.2, 0.25) is 17.7 Å². The topological polar surface area (TPSA) is 274 Å². The molecule has 3 heterocycles. The number of thiazole rings is 1. The summed E-state index contributed by atoms with van der Waals surface area (Å²) in [6.07, 6.45) is 6.50. The summed E-state index contributed by atoms with van der Waals surface area (Å²) in [5.41, 5.74) is 2.45. The number of aromatic nitrogens is 1.